The number of nitriles is 1. The Labute approximate surface area is 153 Å². The highest BCUT2D eigenvalue weighted by atomic mass is 35.5. The van der Waals surface area contributed by atoms with E-state index in [0.717, 1.165) is 21.9 Å². The van der Waals surface area contributed by atoms with E-state index < -0.39 is 10.8 Å². The van der Waals surface area contributed by atoms with Gasteiger partial charge in [-0.25, -0.2) is 0 Å². The number of nitro groups is 1. The summed E-state index contributed by atoms with van der Waals surface area (Å²) in [4.78, 5) is 10.5. The summed E-state index contributed by atoms with van der Waals surface area (Å²) in [7, 11) is 0. The topological polar surface area (TPSA) is 76.2 Å². The maximum Gasteiger partial charge on any atom is 0.269 e. The lowest BCUT2D eigenvalue weighted by molar-refractivity contribution is -0.384. The normalized spacial score (nSPS) is 15.9. The van der Waals surface area contributed by atoms with Gasteiger partial charge >= 0.3 is 0 Å². The van der Waals surface area contributed by atoms with E-state index >= 15 is 0 Å². The van der Waals surface area contributed by atoms with E-state index in [2.05, 4.69) is 6.07 Å². The predicted molar refractivity (Wildman–Crippen MR) is 98.0 cm³/mol. The van der Waals surface area contributed by atoms with Crippen LogP contribution in [0, 0.1) is 21.4 Å². The van der Waals surface area contributed by atoms with Crippen molar-refractivity contribution in [3.05, 3.63) is 92.7 Å². The Hall–Kier alpha value is -3.36. The van der Waals surface area contributed by atoms with Crippen molar-refractivity contribution < 1.29 is 9.66 Å². The van der Waals surface area contributed by atoms with Gasteiger partial charge in [0.1, 0.15) is 11.8 Å². The second-order valence-corrected chi connectivity index (χ2v) is 6.23. The average molecular weight is 363 g/mol. The van der Waals surface area contributed by atoms with Gasteiger partial charge in [-0.3, -0.25) is 10.1 Å². The largest absolute Gasteiger partial charge is 0.443 e. The van der Waals surface area contributed by atoms with Crippen LogP contribution in [0.2, 0.25) is 0 Å². The number of ether oxygens (including phenoxy) is 1. The minimum Gasteiger partial charge on any atom is -0.443 e. The molecule has 0 aromatic heterocycles. The number of nitrogens with zero attached hydrogens (tertiary/aromatic N) is 2. The fourth-order valence-electron chi connectivity index (χ4n) is 3.26. The molecule has 1 aliphatic heterocycles. The molecule has 3 aromatic carbocycles. The molecule has 3 aromatic rings. The zero-order chi connectivity index (χ0) is 18.3. The second-order valence-electron chi connectivity index (χ2n) is 5.89. The number of non-ortho nitro benzene ring substituents is 1. The molecule has 0 radical (unpaired) electrons. The summed E-state index contributed by atoms with van der Waals surface area (Å²) in [6.07, 6.45) is 0. The molecule has 0 fully saturated rings. The molecule has 126 valence electrons. The van der Waals surface area contributed by atoms with Crippen LogP contribution in [0.25, 0.3) is 10.8 Å². The molecule has 1 atom stereocenters. The summed E-state index contributed by atoms with van der Waals surface area (Å²) in [6.45, 7) is 0. The van der Waals surface area contributed by atoms with Crippen LogP contribution in [0.5, 0.6) is 5.75 Å². The molecule has 0 spiro atoms. The first-order valence-corrected chi connectivity index (χ1v) is 8.21. The van der Waals surface area contributed by atoms with Crippen molar-refractivity contribution >= 4 is 28.1 Å². The Morgan fingerprint density at radius 1 is 1.08 bits per heavy atom. The number of halogens is 1. The molecule has 0 amide bonds. The molecule has 6 heteroatoms. The van der Waals surface area contributed by atoms with Gasteiger partial charge in [0.05, 0.1) is 16.4 Å². The minimum absolute atomic E-state index is 0.00636. The third-order valence-corrected chi connectivity index (χ3v) is 4.75. The molecule has 4 rings (SSSR count). The van der Waals surface area contributed by atoms with Gasteiger partial charge in [-0.05, 0) is 22.6 Å². The highest BCUT2D eigenvalue weighted by molar-refractivity contribution is 6.29. The second kappa shape index (κ2) is 6.17. The maximum atomic E-state index is 10.9. The lowest BCUT2D eigenvalue weighted by Crippen LogP contribution is -2.14. The SMILES string of the molecule is N#CC1=C(Cl)Oc2c(ccc3ccccc23)C1c1ccc([N+](=O)[O-])cc1. The van der Waals surface area contributed by atoms with Crippen molar-refractivity contribution in [2.75, 3.05) is 0 Å². The molecule has 0 saturated heterocycles. The highest BCUT2D eigenvalue weighted by Gasteiger charge is 2.32. The van der Waals surface area contributed by atoms with Crippen LogP contribution in [-0.4, -0.2) is 4.92 Å². The molecule has 26 heavy (non-hydrogen) atoms. The average Bonchev–Trinajstić information content (AvgIpc) is 2.67. The van der Waals surface area contributed by atoms with Crippen LogP contribution >= 0.6 is 11.6 Å². The van der Waals surface area contributed by atoms with E-state index in [0.29, 0.717) is 5.75 Å². The summed E-state index contributed by atoms with van der Waals surface area (Å²) in [6, 6.07) is 19.9. The third-order valence-electron chi connectivity index (χ3n) is 4.47. The van der Waals surface area contributed by atoms with Crippen molar-refractivity contribution in [1.82, 2.24) is 0 Å². The molecular formula is C20H11ClN2O3. The number of fused-ring (bicyclic) bond motifs is 3. The lowest BCUT2D eigenvalue weighted by Gasteiger charge is -2.26. The quantitative estimate of drug-likeness (QED) is 0.461. The molecule has 0 N–H and O–H groups in total. The van der Waals surface area contributed by atoms with Crippen molar-refractivity contribution in [3.63, 3.8) is 0 Å². The predicted octanol–water partition coefficient (Wildman–Crippen LogP) is 5.25. The highest BCUT2D eigenvalue weighted by Crippen LogP contribution is 2.47. The molecule has 0 saturated carbocycles. The molecular weight excluding hydrogens is 352 g/mol. The summed E-state index contributed by atoms with van der Waals surface area (Å²) in [5.41, 5.74) is 1.82. The number of hydrogen-bond acceptors (Lipinski definition) is 4. The zero-order valence-corrected chi connectivity index (χ0v) is 14.1. The first-order valence-electron chi connectivity index (χ1n) is 7.84. The van der Waals surface area contributed by atoms with Gasteiger partial charge < -0.3 is 4.74 Å². The number of nitro benzene ring substituents is 1. The first-order chi connectivity index (χ1) is 12.6. The van der Waals surface area contributed by atoms with Crippen molar-refractivity contribution in [3.8, 4) is 11.8 Å². The number of hydrogen-bond donors (Lipinski definition) is 0. The van der Waals surface area contributed by atoms with Crippen LogP contribution < -0.4 is 4.74 Å². The van der Waals surface area contributed by atoms with Crippen LogP contribution in [0.15, 0.2) is 71.5 Å². The monoisotopic (exact) mass is 362 g/mol. The Kier molecular flexibility index (Phi) is 3.83. The zero-order valence-electron chi connectivity index (χ0n) is 13.3. The van der Waals surface area contributed by atoms with E-state index in [1.165, 1.54) is 12.1 Å². The fraction of sp³-hybridized carbons (Fsp3) is 0.0500. The van der Waals surface area contributed by atoms with Gasteiger partial charge in [0.25, 0.3) is 5.69 Å². The van der Waals surface area contributed by atoms with E-state index in [9.17, 15) is 15.4 Å². The fourth-order valence-corrected chi connectivity index (χ4v) is 3.49. The van der Waals surface area contributed by atoms with E-state index in [-0.39, 0.29) is 16.5 Å². The van der Waals surface area contributed by atoms with Gasteiger partial charge in [-0.1, -0.05) is 48.5 Å². The Morgan fingerprint density at radius 3 is 2.50 bits per heavy atom. The van der Waals surface area contributed by atoms with Gasteiger partial charge in [0.2, 0.25) is 5.22 Å². The van der Waals surface area contributed by atoms with Gasteiger partial charge in [-0.15, -0.1) is 0 Å². The maximum absolute atomic E-state index is 10.9. The standard InChI is InChI=1S/C20H11ClN2O3/c21-20-17(11-22)18(13-5-8-14(9-6-13)23(24)25)16-10-7-12-3-1-2-4-15(12)19(16)26-20/h1-10,18H. The molecule has 0 aliphatic carbocycles. The summed E-state index contributed by atoms with van der Waals surface area (Å²) in [5, 5.41) is 22.4. The van der Waals surface area contributed by atoms with Gasteiger partial charge in [0.15, 0.2) is 0 Å². The third kappa shape index (κ3) is 2.48. The lowest BCUT2D eigenvalue weighted by atomic mass is 9.83. The Morgan fingerprint density at radius 2 is 1.81 bits per heavy atom. The van der Waals surface area contributed by atoms with E-state index in [1.54, 1.807) is 12.1 Å². The van der Waals surface area contributed by atoms with Crippen LogP contribution in [-0.2, 0) is 0 Å². The molecule has 0 bridgehead atoms. The van der Waals surface area contributed by atoms with Crippen molar-refractivity contribution in [2.24, 2.45) is 0 Å². The summed E-state index contributed by atoms with van der Waals surface area (Å²) >= 11 is 6.26. The van der Waals surface area contributed by atoms with Crippen LogP contribution in [0.4, 0.5) is 5.69 Å². The minimum atomic E-state index is -0.455. The van der Waals surface area contributed by atoms with Gasteiger partial charge in [-0.2, -0.15) is 5.26 Å². The first kappa shape index (κ1) is 16.1. The molecule has 1 heterocycles. The Bertz CT molecular complexity index is 1110. The smallest absolute Gasteiger partial charge is 0.269 e. The number of allylic oxidation sites excluding steroid dienone is 1. The summed E-state index contributed by atoms with van der Waals surface area (Å²) in [5.74, 6) is 0.164. The van der Waals surface area contributed by atoms with E-state index in [4.69, 9.17) is 16.3 Å². The molecule has 5 nitrogen and oxygen atoms in total. The van der Waals surface area contributed by atoms with Crippen LogP contribution in [0.3, 0.4) is 0 Å². The summed E-state index contributed by atoms with van der Waals surface area (Å²) < 4.78 is 5.78. The van der Waals surface area contributed by atoms with Gasteiger partial charge in [0, 0.05) is 23.1 Å². The number of benzene rings is 3. The Balaban J connectivity index is 1.94. The van der Waals surface area contributed by atoms with Crippen molar-refractivity contribution in [2.45, 2.75) is 5.92 Å². The van der Waals surface area contributed by atoms with Crippen LogP contribution in [0.1, 0.15) is 17.0 Å². The van der Waals surface area contributed by atoms with E-state index in [1.807, 2.05) is 36.4 Å². The van der Waals surface area contributed by atoms with Crippen molar-refractivity contribution in [1.29, 1.82) is 5.26 Å². The molecule has 1 aliphatic rings. The number of rotatable bonds is 2. The molecule has 1 unspecified atom stereocenters.